The Morgan fingerprint density at radius 1 is 0.258 bits per heavy atom. The van der Waals surface area contributed by atoms with E-state index in [0.29, 0.717) is 0 Å². The maximum absolute atomic E-state index is 2.42. The molecule has 0 aliphatic heterocycles. The molecule has 62 heavy (non-hydrogen) atoms. The molecule has 0 atom stereocenters. The zero-order valence-corrected chi connectivity index (χ0v) is 35.3. The number of rotatable bonds is 8. The van der Waals surface area contributed by atoms with Gasteiger partial charge in [0.15, 0.2) is 0 Å². The van der Waals surface area contributed by atoms with Crippen molar-refractivity contribution < 1.29 is 0 Å². The lowest BCUT2D eigenvalue weighted by Crippen LogP contribution is -2.10. The largest absolute Gasteiger partial charge is 0.310 e. The quantitative estimate of drug-likeness (QED) is 0.151. The van der Waals surface area contributed by atoms with Gasteiger partial charge in [0.1, 0.15) is 0 Å². The minimum atomic E-state index is 1.13. The van der Waals surface area contributed by atoms with Gasteiger partial charge >= 0.3 is 0 Å². The summed E-state index contributed by atoms with van der Waals surface area (Å²) in [5.41, 5.74) is 11.7. The van der Waals surface area contributed by atoms with Crippen LogP contribution in [0.2, 0.25) is 0 Å². The van der Waals surface area contributed by atoms with Gasteiger partial charge in [0.2, 0.25) is 0 Å². The fourth-order valence-corrected chi connectivity index (χ4v) is 11.8. The van der Waals surface area contributed by atoms with Gasteiger partial charge in [-0.25, -0.2) is 0 Å². The molecule has 0 aliphatic carbocycles. The summed E-state index contributed by atoms with van der Waals surface area (Å²) in [4.78, 5) is 4.84. The average molecular weight is 827 g/mol. The van der Waals surface area contributed by atoms with Crippen molar-refractivity contribution in [3.05, 3.63) is 231 Å². The summed E-state index contributed by atoms with van der Waals surface area (Å²) in [6.07, 6.45) is 0. The highest BCUT2D eigenvalue weighted by atomic mass is 32.1. The van der Waals surface area contributed by atoms with Crippen LogP contribution >= 0.6 is 22.7 Å². The molecular formula is C58H38N2S2. The molecular weight excluding hydrogens is 789 g/mol. The van der Waals surface area contributed by atoms with E-state index >= 15 is 0 Å². The van der Waals surface area contributed by atoms with Crippen molar-refractivity contribution in [3.8, 4) is 22.3 Å². The Morgan fingerprint density at radius 2 is 0.613 bits per heavy atom. The number of hydrogen-bond donors (Lipinski definition) is 0. The number of fused-ring (bicyclic) bond motifs is 7. The van der Waals surface area contributed by atoms with Crippen molar-refractivity contribution >= 4 is 108 Å². The molecule has 0 saturated carbocycles. The van der Waals surface area contributed by atoms with Crippen LogP contribution in [0, 0.1) is 0 Å². The molecule has 0 amide bonds. The van der Waals surface area contributed by atoms with Gasteiger partial charge in [0.25, 0.3) is 0 Å². The first-order valence-electron chi connectivity index (χ1n) is 21.0. The third kappa shape index (κ3) is 6.31. The van der Waals surface area contributed by atoms with E-state index in [1.165, 1.54) is 73.4 Å². The van der Waals surface area contributed by atoms with E-state index in [1.807, 2.05) is 22.7 Å². The van der Waals surface area contributed by atoms with Crippen molar-refractivity contribution in [2.24, 2.45) is 0 Å². The normalized spacial score (nSPS) is 11.5. The topological polar surface area (TPSA) is 6.48 Å². The van der Waals surface area contributed by atoms with Gasteiger partial charge in [-0.1, -0.05) is 170 Å². The number of nitrogens with zero attached hydrogens (tertiary/aromatic N) is 2. The zero-order valence-electron chi connectivity index (χ0n) is 33.7. The summed E-state index contributed by atoms with van der Waals surface area (Å²) in [6.45, 7) is 0. The van der Waals surface area contributed by atoms with Crippen molar-refractivity contribution in [2.75, 3.05) is 9.80 Å². The number of thiophene rings is 2. The smallest absolute Gasteiger partial charge is 0.0542 e. The van der Waals surface area contributed by atoms with Gasteiger partial charge in [-0.2, -0.15) is 0 Å². The molecule has 0 N–H and O–H groups in total. The molecule has 0 spiro atoms. The first-order chi connectivity index (χ1) is 30.7. The summed E-state index contributed by atoms with van der Waals surface area (Å²) in [5.74, 6) is 0. The van der Waals surface area contributed by atoms with Crippen LogP contribution in [0.4, 0.5) is 34.1 Å². The van der Waals surface area contributed by atoms with Crippen LogP contribution in [0.3, 0.4) is 0 Å². The molecule has 0 aliphatic rings. The predicted octanol–water partition coefficient (Wildman–Crippen LogP) is 17.8. The van der Waals surface area contributed by atoms with Crippen LogP contribution in [-0.4, -0.2) is 0 Å². The highest BCUT2D eigenvalue weighted by Gasteiger charge is 2.21. The van der Waals surface area contributed by atoms with Crippen molar-refractivity contribution in [3.63, 3.8) is 0 Å². The minimum Gasteiger partial charge on any atom is -0.310 e. The first kappa shape index (κ1) is 36.4. The van der Waals surface area contributed by atoms with Crippen LogP contribution in [-0.2, 0) is 0 Å². The molecule has 0 radical (unpaired) electrons. The second-order valence-corrected chi connectivity index (χ2v) is 17.8. The molecule has 0 saturated heterocycles. The molecule has 0 unspecified atom stereocenters. The van der Waals surface area contributed by atoms with Crippen LogP contribution in [0.5, 0.6) is 0 Å². The van der Waals surface area contributed by atoms with Gasteiger partial charge in [0.05, 0.1) is 20.8 Å². The zero-order chi connectivity index (χ0) is 41.0. The highest BCUT2D eigenvalue weighted by Crippen LogP contribution is 2.49. The Labute approximate surface area is 368 Å². The van der Waals surface area contributed by atoms with E-state index in [4.69, 9.17) is 0 Å². The van der Waals surface area contributed by atoms with Crippen LogP contribution in [0.15, 0.2) is 231 Å². The van der Waals surface area contributed by atoms with E-state index in [1.54, 1.807) is 0 Å². The summed E-state index contributed by atoms with van der Waals surface area (Å²) in [5, 5.41) is 7.50. The van der Waals surface area contributed by atoms with E-state index in [0.717, 1.165) is 34.1 Å². The first-order valence-corrected chi connectivity index (χ1v) is 22.6. The van der Waals surface area contributed by atoms with Gasteiger partial charge in [-0.15, -0.1) is 22.7 Å². The number of anilines is 6. The molecule has 2 aromatic heterocycles. The molecule has 10 aromatic carbocycles. The SMILES string of the molecule is c1ccc(-c2ccc(N(c3ccc4c(c3)sc3c5ccc(N(c6ccc(-c7ccccc7)cc6)c6cccc7ccccc67)cc5sc43)c3cccc4ccccc34)cc2)cc1. The van der Waals surface area contributed by atoms with Gasteiger partial charge in [0, 0.05) is 53.7 Å². The Hall–Kier alpha value is -7.50. The lowest BCUT2D eigenvalue weighted by Gasteiger charge is -2.27. The molecule has 0 bridgehead atoms. The van der Waals surface area contributed by atoms with E-state index in [9.17, 15) is 0 Å². The van der Waals surface area contributed by atoms with Gasteiger partial charge in [-0.05, 0) is 93.7 Å². The molecule has 0 fully saturated rings. The van der Waals surface area contributed by atoms with E-state index < -0.39 is 0 Å². The van der Waals surface area contributed by atoms with Crippen molar-refractivity contribution in [1.82, 2.24) is 0 Å². The maximum Gasteiger partial charge on any atom is 0.0542 e. The molecule has 4 heteroatoms. The summed E-state index contributed by atoms with van der Waals surface area (Å²) >= 11 is 3.80. The summed E-state index contributed by atoms with van der Waals surface area (Å²) in [7, 11) is 0. The third-order valence-electron chi connectivity index (χ3n) is 12.0. The van der Waals surface area contributed by atoms with Crippen LogP contribution in [0.1, 0.15) is 0 Å². The standard InChI is InChI=1S/C58H38N2S2/c1-3-13-39(14-4-1)41-25-29-45(30-26-41)59(53-23-11-19-43-17-7-9-21-49(43)53)47-33-35-51-55(37-47)61-58-52-36-34-48(38-56(52)62-57(51)58)60(54-24-12-20-44-18-8-10-22-50(44)54)46-31-27-42(28-32-46)40-15-5-2-6-16-40/h1-38H. The predicted molar refractivity (Wildman–Crippen MR) is 270 cm³/mol. The molecule has 2 heterocycles. The Bertz CT molecular complexity index is 3320. The van der Waals surface area contributed by atoms with Gasteiger partial charge < -0.3 is 9.80 Å². The molecule has 292 valence electrons. The summed E-state index contributed by atoms with van der Waals surface area (Å²) < 4.78 is 5.27. The fraction of sp³-hybridized carbons (Fsp3) is 0. The second-order valence-electron chi connectivity index (χ2n) is 15.7. The second kappa shape index (κ2) is 15.2. The van der Waals surface area contributed by atoms with E-state index in [2.05, 4.69) is 240 Å². The molecule has 12 aromatic rings. The van der Waals surface area contributed by atoms with E-state index in [-0.39, 0.29) is 0 Å². The van der Waals surface area contributed by atoms with Crippen molar-refractivity contribution in [2.45, 2.75) is 0 Å². The third-order valence-corrected chi connectivity index (χ3v) is 14.5. The average Bonchev–Trinajstić information content (AvgIpc) is 3.88. The minimum absolute atomic E-state index is 1.13. The number of benzene rings is 10. The lowest BCUT2D eigenvalue weighted by molar-refractivity contribution is 1.30. The highest BCUT2D eigenvalue weighted by molar-refractivity contribution is 7.36. The van der Waals surface area contributed by atoms with Crippen molar-refractivity contribution in [1.29, 1.82) is 0 Å². The lowest BCUT2D eigenvalue weighted by atomic mass is 10.0. The monoisotopic (exact) mass is 826 g/mol. The Morgan fingerprint density at radius 3 is 1.05 bits per heavy atom. The Kier molecular flexibility index (Phi) is 8.91. The fourth-order valence-electron chi connectivity index (χ4n) is 9.04. The maximum atomic E-state index is 2.42. The molecule has 12 rings (SSSR count). The number of hydrogen-bond acceptors (Lipinski definition) is 4. The summed E-state index contributed by atoms with van der Waals surface area (Å²) in [6, 6.07) is 83.9. The van der Waals surface area contributed by atoms with Crippen LogP contribution in [0.25, 0.3) is 73.4 Å². The molecule has 2 nitrogen and oxygen atoms in total. The Balaban J connectivity index is 0.965. The van der Waals surface area contributed by atoms with Gasteiger partial charge in [-0.3, -0.25) is 0 Å². The van der Waals surface area contributed by atoms with Crippen LogP contribution < -0.4 is 9.80 Å².